The number of aliphatic carboxylic acids is 1. The van der Waals surface area contributed by atoms with Gasteiger partial charge in [0.2, 0.25) is 5.91 Å². The monoisotopic (exact) mass is 341 g/mol. The quantitative estimate of drug-likeness (QED) is 0.699. The molecular formula is C16H21F2N3O3. The van der Waals surface area contributed by atoms with Crippen molar-refractivity contribution < 1.29 is 23.5 Å². The number of hydrazine groups is 1. The standard InChI is InChI=1S/C16H21F2N3O3/c1-2-11-8-14(20-19-11)16(24)21(6-5-15(22)23)9-10-3-4-12(17)13(18)7-10/h3-4,7,11,14,19-20H,2,5-6,8-9H2,1H3,(H,22,23). The summed E-state index contributed by atoms with van der Waals surface area (Å²) in [4.78, 5) is 24.8. The van der Waals surface area contributed by atoms with E-state index in [0.717, 1.165) is 18.6 Å². The van der Waals surface area contributed by atoms with Crippen molar-refractivity contribution in [3.63, 3.8) is 0 Å². The minimum atomic E-state index is -1.03. The lowest BCUT2D eigenvalue weighted by Gasteiger charge is -2.25. The smallest absolute Gasteiger partial charge is 0.305 e. The zero-order valence-corrected chi connectivity index (χ0v) is 13.4. The van der Waals surface area contributed by atoms with Gasteiger partial charge < -0.3 is 10.0 Å². The molecule has 0 spiro atoms. The molecule has 1 amide bonds. The van der Waals surface area contributed by atoms with Crippen LogP contribution in [0.5, 0.6) is 0 Å². The Hall–Kier alpha value is -2.06. The molecule has 1 heterocycles. The fourth-order valence-corrected chi connectivity index (χ4v) is 2.63. The van der Waals surface area contributed by atoms with Crippen molar-refractivity contribution in [1.82, 2.24) is 15.8 Å². The first-order valence-corrected chi connectivity index (χ1v) is 7.86. The maximum Gasteiger partial charge on any atom is 0.305 e. The summed E-state index contributed by atoms with van der Waals surface area (Å²) in [6, 6.07) is 3.10. The van der Waals surface area contributed by atoms with E-state index in [1.54, 1.807) is 0 Å². The van der Waals surface area contributed by atoms with Gasteiger partial charge in [0.05, 0.1) is 6.42 Å². The van der Waals surface area contributed by atoms with Crippen molar-refractivity contribution in [2.45, 2.75) is 44.8 Å². The summed E-state index contributed by atoms with van der Waals surface area (Å²) in [7, 11) is 0. The van der Waals surface area contributed by atoms with E-state index < -0.39 is 23.6 Å². The second-order valence-corrected chi connectivity index (χ2v) is 5.83. The zero-order valence-electron chi connectivity index (χ0n) is 13.4. The Morgan fingerprint density at radius 1 is 1.29 bits per heavy atom. The number of carboxylic acids is 1. The van der Waals surface area contributed by atoms with E-state index in [1.165, 1.54) is 11.0 Å². The Labute approximate surface area is 138 Å². The van der Waals surface area contributed by atoms with Gasteiger partial charge in [0.15, 0.2) is 11.6 Å². The van der Waals surface area contributed by atoms with Gasteiger partial charge in [-0.25, -0.2) is 14.2 Å². The van der Waals surface area contributed by atoms with E-state index in [1.807, 2.05) is 6.92 Å². The summed E-state index contributed by atoms with van der Waals surface area (Å²) >= 11 is 0. The fourth-order valence-electron chi connectivity index (χ4n) is 2.63. The van der Waals surface area contributed by atoms with Crippen molar-refractivity contribution in [3.05, 3.63) is 35.4 Å². The molecule has 0 bridgehead atoms. The normalized spacial score (nSPS) is 20.1. The lowest BCUT2D eigenvalue weighted by molar-refractivity contribution is -0.139. The second kappa shape index (κ2) is 8.16. The molecule has 1 saturated heterocycles. The van der Waals surface area contributed by atoms with Crippen LogP contribution in [0.25, 0.3) is 0 Å². The van der Waals surface area contributed by atoms with Crippen LogP contribution < -0.4 is 10.9 Å². The lowest BCUT2D eigenvalue weighted by atomic mass is 10.1. The molecule has 0 saturated carbocycles. The molecule has 0 aromatic heterocycles. The predicted molar refractivity (Wildman–Crippen MR) is 82.8 cm³/mol. The Bertz CT molecular complexity index is 612. The largest absolute Gasteiger partial charge is 0.481 e. The molecule has 1 aromatic carbocycles. The van der Waals surface area contributed by atoms with Crippen LogP contribution in [0.4, 0.5) is 8.78 Å². The Balaban J connectivity index is 2.09. The second-order valence-electron chi connectivity index (χ2n) is 5.83. The molecular weight excluding hydrogens is 320 g/mol. The predicted octanol–water partition coefficient (Wildman–Crippen LogP) is 1.41. The van der Waals surface area contributed by atoms with Gasteiger partial charge in [-0.2, -0.15) is 0 Å². The highest BCUT2D eigenvalue weighted by molar-refractivity contribution is 5.82. The van der Waals surface area contributed by atoms with Crippen LogP contribution in [0.2, 0.25) is 0 Å². The number of halogens is 2. The summed E-state index contributed by atoms with van der Waals surface area (Å²) in [5, 5.41) is 8.86. The number of nitrogens with one attached hydrogen (secondary N) is 2. The summed E-state index contributed by atoms with van der Waals surface area (Å²) in [6.07, 6.45) is 1.23. The molecule has 24 heavy (non-hydrogen) atoms. The molecule has 2 atom stereocenters. The van der Waals surface area contributed by atoms with Crippen molar-refractivity contribution in [1.29, 1.82) is 0 Å². The first-order valence-electron chi connectivity index (χ1n) is 7.86. The number of nitrogens with zero attached hydrogens (tertiary/aromatic N) is 1. The molecule has 2 unspecified atom stereocenters. The van der Waals surface area contributed by atoms with Gasteiger partial charge in [0.1, 0.15) is 6.04 Å². The van der Waals surface area contributed by atoms with Crippen LogP contribution in [0.15, 0.2) is 18.2 Å². The molecule has 3 N–H and O–H groups in total. The first-order chi connectivity index (χ1) is 11.4. The number of hydrogen-bond donors (Lipinski definition) is 3. The maximum atomic E-state index is 13.3. The van der Waals surface area contributed by atoms with Crippen molar-refractivity contribution in [2.24, 2.45) is 0 Å². The summed E-state index contributed by atoms with van der Waals surface area (Å²) < 4.78 is 26.4. The first kappa shape index (κ1) is 18.3. The van der Waals surface area contributed by atoms with Gasteiger partial charge in [-0.05, 0) is 30.5 Å². The number of carboxylic acid groups (broad SMARTS) is 1. The molecule has 0 radical (unpaired) electrons. The third kappa shape index (κ3) is 4.72. The highest BCUT2D eigenvalue weighted by Gasteiger charge is 2.31. The van der Waals surface area contributed by atoms with E-state index >= 15 is 0 Å². The average Bonchev–Trinajstić information content (AvgIpc) is 3.03. The molecule has 1 fully saturated rings. The molecule has 6 nitrogen and oxygen atoms in total. The summed E-state index contributed by atoms with van der Waals surface area (Å²) in [5.41, 5.74) is 6.33. The van der Waals surface area contributed by atoms with Crippen LogP contribution in [-0.4, -0.2) is 40.5 Å². The average molecular weight is 341 g/mol. The van der Waals surface area contributed by atoms with E-state index in [-0.39, 0.29) is 31.5 Å². The number of benzene rings is 1. The Morgan fingerprint density at radius 2 is 2.04 bits per heavy atom. The molecule has 1 aliphatic heterocycles. The van der Waals surface area contributed by atoms with Gasteiger partial charge >= 0.3 is 5.97 Å². The number of carbonyl (C=O) groups excluding carboxylic acids is 1. The van der Waals surface area contributed by atoms with Gasteiger partial charge in [-0.1, -0.05) is 13.0 Å². The van der Waals surface area contributed by atoms with E-state index in [4.69, 9.17) is 5.11 Å². The molecule has 1 aromatic rings. The van der Waals surface area contributed by atoms with Crippen LogP contribution in [0, 0.1) is 11.6 Å². The number of carbonyl (C=O) groups is 2. The summed E-state index contributed by atoms with van der Waals surface area (Å²) in [5.74, 6) is -3.24. The van der Waals surface area contributed by atoms with Gasteiger partial charge in [-0.15, -0.1) is 0 Å². The van der Waals surface area contributed by atoms with Gasteiger partial charge in [-0.3, -0.25) is 15.0 Å². The highest BCUT2D eigenvalue weighted by atomic mass is 19.2. The molecule has 8 heteroatoms. The van der Waals surface area contributed by atoms with Crippen molar-refractivity contribution in [2.75, 3.05) is 6.54 Å². The van der Waals surface area contributed by atoms with E-state index in [2.05, 4.69) is 10.9 Å². The van der Waals surface area contributed by atoms with E-state index in [9.17, 15) is 18.4 Å². The van der Waals surface area contributed by atoms with Gasteiger partial charge in [0.25, 0.3) is 0 Å². The third-order valence-electron chi connectivity index (χ3n) is 4.04. The highest BCUT2D eigenvalue weighted by Crippen LogP contribution is 2.15. The number of hydrogen-bond acceptors (Lipinski definition) is 4. The zero-order chi connectivity index (χ0) is 17.7. The fraction of sp³-hybridized carbons (Fsp3) is 0.500. The topological polar surface area (TPSA) is 81.7 Å². The SMILES string of the molecule is CCC1CC(C(=O)N(CCC(=O)O)Cc2ccc(F)c(F)c2)NN1. The van der Waals surface area contributed by atoms with Crippen LogP contribution in [0.1, 0.15) is 31.7 Å². The molecule has 132 valence electrons. The number of rotatable bonds is 7. The molecule has 2 rings (SSSR count). The molecule has 1 aliphatic rings. The van der Waals surface area contributed by atoms with Crippen molar-refractivity contribution in [3.8, 4) is 0 Å². The van der Waals surface area contributed by atoms with Crippen molar-refractivity contribution >= 4 is 11.9 Å². The van der Waals surface area contributed by atoms with Crippen LogP contribution in [-0.2, 0) is 16.1 Å². The summed E-state index contributed by atoms with van der Waals surface area (Å²) in [6.45, 7) is 2.02. The Morgan fingerprint density at radius 3 is 2.62 bits per heavy atom. The minimum Gasteiger partial charge on any atom is -0.481 e. The van der Waals surface area contributed by atoms with Crippen LogP contribution >= 0.6 is 0 Å². The van der Waals surface area contributed by atoms with Crippen LogP contribution in [0.3, 0.4) is 0 Å². The van der Waals surface area contributed by atoms with E-state index in [0.29, 0.717) is 12.0 Å². The third-order valence-corrected chi connectivity index (χ3v) is 4.04. The minimum absolute atomic E-state index is 0.00212. The van der Waals surface area contributed by atoms with Gasteiger partial charge in [0, 0.05) is 19.1 Å². The molecule has 0 aliphatic carbocycles. The Kier molecular flexibility index (Phi) is 6.22. The maximum absolute atomic E-state index is 13.3. The lowest BCUT2D eigenvalue weighted by Crippen LogP contribution is -2.46. The number of amides is 1.